The molecule has 0 aliphatic heterocycles. The Morgan fingerprint density at radius 1 is 1.00 bits per heavy atom. The molecule has 140 valence electrons. The van der Waals surface area contributed by atoms with E-state index >= 15 is 0 Å². The van der Waals surface area contributed by atoms with Crippen molar-refractivity contribution in [3.05, 3.63) is 29.3 Å². The normalized spacial score (nSPS) is 21.0. The van der Waals surface area contributed by atoms with E-state index in [2.05, 4.69) is 65.1 Å². The number of rotatable bonds is 3. The molecule has 1 aromatic carbocycles. The topological polar surface area (TPSA) is 38.3 Å². The molecule has 1 aliphatic carbocycles. The lowest BCUT2D eigenvalue weighted by atomic mass is 9.80. The quantitative estimate of drug-likeness (QED) is 0.840. The minimum atomic E-state index is -0.199. The van der Waals surface area contributed by atoms with Crippen molar-refractivity contribution in [2.75, 3.05) is 0 Å². The third-order valence-corrected chi connectivity index (χ3v) is 4.50. The van der Waals surface area contributed by atoms with Crippen molar-refractivity contribution in [1.82, 2.24) is 5.32 Å². The van der Waals surface area contributed by atoms with Crippen LogP contribution in [0.15, 0.2) is 18.2 Å². The van der Waals surface area contributed by atoms with Gasteiger partial charge < -0.3 is 10.1 Å². The first-order chi connectivity index (χ1) is 11.2. The molecule has 2 atom stereocenters. The van der Waals surface area contributed by atoms with Crippen LogP contribution in [-0.4, -0.2) is 17.6 Å². The van der Waals surface area contributed by atoms with E-state index in [-0.39, 0.29) is 34.3 Å². The molecule has 0 heterocycles. The van der Waals surface area contributed by atoms with Gasteiger partial charge in [0.15, 0.2) is 0 Å². The SMILES string of the molecule is CC(C)(C)NC(=O)[C@H]1C[C@H]1Oc1ccc(C(C)(C)C)cc1C(C)(C)C. The van der Waals surface area contributed by atoms with Crippen LogP contribution < -0.4 is 10.1 Å². The summed E-state index contributed by atoms with van der Waals surface area (Å²) in [4.78, 5) is 12.3. The molecule has 25 heavy (non-hydrogen) atoms. The van der Waals surface area contributed by atoms with E-state index in [1.807, 2.05) is 20.8 Å². The molecule has 1 fully saturated rings. The lowest BCUT2D eigenvalue weighted by Crippen LogP contribution is -2.42. The molecule has 0 radical (unpaired) electrons. The fourth-order valence-corrected chi connectivity index (χ4v) is 2.89. The van der Waals surface area contributed by atoms with Gasteiger partial charge >= 0.3 is 0 Å². The van der Waals surface area contributed by atoms with Gasteiger partial charge in [0.25, 0.3) is 0 Å². The standard InChI is InChI=1S/C22H35NO2/c1-20(2,3)14-10-11-17(16(12-14)21(4,5)6)25-18-13-15(18)19(24)23-22(7,8)9/h10-12,15,18H,13H2,1-9H3,(H,23,24)/t15-,18+/m0/s1. The van der Waals surface area contributed by atoms with Crippen LogP contribution in [0.2, 0.25) is 0 Å². The number of hydrogen-bond donors (Lipinski definition) is 1. The predicted octanol–water partition coefficient (Wildman–Crippen LogP) is 4.96. The van der Waals surface area contributed by atoms with E-state index in [4.69, 9.17) is 4.74 Å². The van der Waals surface area contributed by atoms with Crippen LogP contribution in [0, 0.1) is 5.92 Å². The first-order valence-electron chi connectivity index (χ1n) is 9.32. The number of benzene rings is 1. The summed E-state index contributed by atoms with van der Waals surface area (Å²) < 4.78 is 6.24. The fraction of sp³-hybridized carbons (Fsp3) is 0.682. The van der Waals surface area contributed by atoms with E-state index in [0.29, 0.717) is 0 Å². The molecule has 0 unspecified atom stereocenters. The van der Waals surface area contributed by atoms with Gasteiger partial charge in [-0.1, -0.05) is 53.7 Å². The second-order valence-electron chi connectivity index (χ2n) is 10.4. The van der Waals surface area contributed by atoms with Gasteiger partial charge in [-0.15, -0.1) is 0 Å². The minimum Gasteiger partial charge on any atom is -0.489 e. The van der Waals surface area contributed by atoms with Crippen LogP contribution in [0.1, 0.15) is 79.9 Å². The van der Waals surface area contributed by atoms with Crippen LogP contribution in [0.3, 0.4) is 0 Å². The van der Waals surface area contributed by atoms with Crippen molar-refractivity contribution in [3.8, 4) is 5.75 Å². The third kappa shape index (κ3) is 5.23. The maximum absolute atomic E-state index is 12.3. The highest BCUT2D eigenvalue weighted by atomic mass is 16.5. The van der Waals surface area contributed by atoms with Crippen molar-refractivity contribution < 1.29 is 9.53 Å². The third-order valence-electron chi connectivity index (χ3n) is 4.50. The molecule has 1 N–H and O–H groups in total. The van der Waals surface area contributed by atoms with Crippen LogP contribution >= 0.6 is 0 Å². The lowest BCUT2D eigenvalue weighted by Gasteiger charge is -2.27. The molecule has 1 aliphatic rings. The van der Waals surface area contributed by atoms with Crippen molar-refractivity contribution >= 4 is 5.91 Å². The maximum atomic E-state index is 12.3. The molecule has 2 rings (SSSR count). The molecular formula is C22H35NO2. The van der Waals surface area contributed by atoms with Crippen LogP contribution in [0.5, 0.6) is 5.75 Å². The number of carbonyl (C=O) groups is 1. The van der Waals surface area contributed by atoms with Gasteiger partial charge in [0, 0.05) is 12.0 Å². The van der Waals surface area contributed by atoms with Crippen LogP contribution in [-0.2, 0) is 15.6 Å². The summed E-state index contributed by atoms with van der Waals surface area (Å²) in [6.45, 7) is 19.3. The molecule has 1 aromatic rings. The molecular weight excluding hydrogens is 310 g/mol. The Morgan fingerprint density at radius 2 is 1.60 bits per heavy atom. The first-order valence-corrected chi connectivity index (χ1v) is 9.32. The number of ether oxygens (including phenoxy) is 1. The van der Waals surface area contributed by atoms with Gasteiger partial charge in [0.2, 0.25) is 5.91 Å². The predicted molar refractivity (Wildman–Crippen MR) is 104 cm³/mol. The van der Waals surface area contributed by atoms with E-state index in [9.17, 15) is 4.79 Å². The summed E-state index contributed by atoms with van der Waals surface area (Å²) in [6.07, 6.45) is 0.788. The molecule has 0 aromatic heterocycles. The highest BCUT2D eigenvalue weighted by Gasteiger charge is 2.46. The Morgan fingerprint density at radius 3 is 2.08 bits per heavy atom. The summed E-state index contributed by atoms with van der Waals surface area (Å²) in [6, 6.07) is 6.50. The van der Waals surface area contributed by atoms with Crippen molar-refractivity contribution in [1.29, 1.82) is 0 Å². The van der Waals surface area contributed by atoms with E-state index in [1.165, 1.54) is 11.1 Å². The molecule has 3 heteroatoms. The Balaban J connectivity index is 2.17. The van der Waals surface area contributed by atoms with Crippen molar-refractivity contribution in [2.24, 2.45) is 5.92 Å². The monoisotopic (exact) mass is 345 g/mol. The summed E-state index contributed by atoms with van der Waals surface area (Å²) in [5.41, 5.74) is 2.42. The zero-order chi connectivity index (χ0) is 19.2. The van der Waals surface area contributed by atoms with Gasteiger partial charge in [-0.05, 0) is 48.8 Å². The van der Waals surface area contributed by atoms with Gasteiger partial charge in [-0.3, -0.25) is 4.79 Å². The molecule has 0 saturated heterocycles. The summed E-state index contributed by atoms with van der Waals surface area (Å²) >= 11 is 0. The second-order valence-corrected chi connectivity index (χ2v) is 10.4. The average Bonchev–Trinajstić information content (AvgIpc) is 3.14. The number of nitrogens with one attached hydrogen (secondary N) is 1. The highest BCUT2D eigenvalue weighted by Crippen LogP contribution is 2.41. The first kappa shape index (κ1) is 19.8. The Labute approximate surface area is 153 Å². The zero-order valence-corrected chi connectivity index (χ0v) is 17.4. The summed E-state index contributed by atoms with van der Waals surface area (Å²) in [7, 11) is 0. The number of carbonyl (C=O) groups excluding carboxylic acids is 1. The maximum Gasteiger partial charge on any atom is 0.227 e. The van der Waals surface area contributed by atoms with Crippen molar-refractivity contribution in [3.63, 3.8) is 0 Å². The molecule has 1 saturated carbocycles. The smallest absolute Gasteiger partial charge is 0.227 e. The minimum absolute atomic E-state index is 0.00531. The van der Waals surface area contributed by atoms with Gasteiger partial charge in [0.1, 0.15) is 11.9 Å². The Kier molecular flexibility index (Phi) is 5.02. The fourth-order valence-electron chi connectivity index (χ4n) is 2.89. The van der Waals surface area contributed by atoms with Crippen LogP contribution in [0.25, 0.3) is 0 Å². The molecule has 0 bridgehead atoms. The Bertz CT molecular complexity index is 641. The molecule has 1 amide bonds. The largest absolute Gasteiger partial charge is 0.489 e. The summed E-state index contributed by atoms with van der Waals surface area (Å²) in [5.74, 6) is 0.979. The average molecular weight is 346 g/mol. The zero-order valence-electron chi connectivity index (χ0n) is 17.4. The highest BCUT2D eigenvalue weighted by molar-refractivity contribution is 5.82. The summed E-state index contributed by atoms with van der Waals surface area (Å²) in [5, 5.41) is 3.05. The van der Waals surface area contributed by atoms with E-state index in [0.717, 1.165) is 12.2 Å². The number of amides is 1. The van der Waals surface area contributed by atoms with E-state index < -0.39 is 0 Å². The second kappa shape index (κ2) is 6.34. The lowest BCUT2D eigenvalue weighted by molar-refractivity contribution is -0.124. The molecule has 0 spiro atoms. The van der Waals surface area contributed by atoms with E-state index in [1.54, 1.807) is 0 Å². The Hall–Kier alpha value is -1.51. The molecule has 3 nitrogen and oxygen atoms in total. The number of hydrogen-bond acceptors (Lipinski definition) is 2. The van der Waals surface area contributed by atoms with Crippen LogP contribution in [0.4, 0.5) is 0 Å². The van der Waals surface area contributed by atoms with Gasteiger partial charge in [-0.25, -0.2) is 0 Å². The van der Waals surface area contributed by atoms with Crippen molar-refractivity contribution in [2.45, 2.75) is 91.2 Å². The van der Waals surface area contributed by atoms with Gasteiger partial charge in [0.05, 0.1) is 5.92 Å². The van der Waals surface area contributed by atoms with Gasteiger partial charge in [-0.2, -0.15) is 0 Å².